The molecule has 28 heavy (non-hydrogen) atoms. The Balaban J connectivity index is 1.51. The number of carbonyl (C=O) groups is 1. The molecule has 0 aliphatic carbocycles. The van der Waals surface area contributed by atoms with Crippen LogP contribution in [0.5, 0.6) is 0 Å². The third-order valence-electron chi connectivity index (χ3n) is 4.67. The molecule has 4 rings (SSSR count). The molecule has 0 atom stereocenters. The number of benzene rings is 3. The first-order valence-electron chi connectivity index (χ1n) is 9.09. The van der Waals surface area contributed by atoms with E-state index in [1.165, 1.54) is 12.7 Å². The number of fused-ring (bicyclic) bond motifs is 1. The second kappa shape index (κ2) is 7.57. The normalized spacial score (nSPS) is 11.2. The smallest absolute Gasteiger partial charge is 0.337 e. The zero-order valence-electron chi connectivity index (χ0n) is 15.8. The monoisotopic (exact) mass is 368 g/mol. The van der Waals surface area contributed by atoms with Crippen LogP contribution in [-0.2, 0) is 4.74 Å². The number of esters is 1. The second-order valence-electron chi connectivity index (χ2n) is 6.72. The molecule has 0 aliphatic rings. The lowest BCUT2D eigenvalue weighted by molar-refractivity contribution is 0.0600. The van der Waals surface area contributed by atoms with Gasteiger partial charge in [0.25, 0.3) is 0 Å². The lowest BCUT2D eigenvalue weighted by Gasteiger charge is -2.00. The SMILES string of the molecule is COC(=O)c1ccc(/C=C/c2ccc(-c3cc4cc(C)ccc4o3)cc2)cc1. The predicted octanol–water partition coefficient (Wildman–Crippen LogP) is 6.37. The van der Waals surface area contributed by atoms with Crippen LogP contribution in [0.15, 0.2) is 77.2 Å². The van der Waals surface area contributed by atoms with Crippen molar-refractivity contribution in [2.75, 3.05) is 7.11 Å². The molecule has 1 aromatic heterocycles. The van der Waals surface area contributed by atoms with Crippen molar-refractivity contribution in [2.24, 2.45) is 0 Å². The highest BCUT2D eigenvalue weighted by Gasteiger charge is 2.06. The topological polar surface area (TPSA) is 39.4 Å². The Kier molecular flexibility index (Phi) is 4.81. The zero-order valence-corrected chi connectivity index (χ0v) is 15.8. The van der Waals surface area contributed by atoms with Crippen LogP contribution in [0.1, 0.15) is 27.0 Å². The van der Waals surface area contributed by atoms with Gasteiger partial charge in [-0.05, 0) is 48.4 Å². The average Bonchev–Trinajstić information content (AvgIpc) is 3.15. The highest BCUT2D eigenvalue weighted by molar-refractivity contribution is 5.89. The van der Waals surface area contributed by atoms with Gasteiger partial charge in [-0.3, -0.25) is 0 Å². The van der Waals surface area contributed by atoms with Gasteiger partial charge in [-0.2, -0.15) is 0 Å². The average molecular weight is 368 g/mol. The third-order valence-corrected chi connectivity index (χ3v) is 4.67. The number of ether oxygens (including phenoxy) is 1. The fourth-order valence-electron chi connectivity index (χ4n) is 3.10. The van der Waals surface area contributed by atoms with Crippen molar-refractivity contribution in [1.82, 2.24) is 0 Å². The van der Waals surface area contributed by atoms with Crippen LogP contribution in [0.2, 0.25) is 0 Å². The fraction of sp³-hybridized carbons (Fsp3) is 0.0800. The van der Waals surface area contributed by atoms with Crippen LogP contribution in [0.3, 0.4) is 0 Å². The number of furan rings is 1. The minimum atomic E-state index is -0.327. The molecule has 3 heteroatoms. The van der Waals surface area contributed by atoms with E-state index < -0.39 is 0 Å². The second-order valence-corrected chi connectivity index (χ2v) is 6.72. The van der Waals surface area contributed by atoms with Crippen LogP contribution in [-0.4, -0.2) is 13.1 Å². The lowest BCUT2D eigenvalue weighted by atomic mass is 10.1. The summed E-state index contributed by atoms with van der Waals surface area (Å²) in [6.45, 7) is 2.08. The van der Waals surface area contributed by atoms with Gasteiger partial charge in [-0.15, -0.1) is 0 Å². The summed E-state index contributed by atoms with van der Waals surface area (Å²) in [5.74, 6) is 0.543. The third kappa shape index (κ3) is 3.74. The summed E-state index contributed by atoms with van der Waals surface area (Å²) in [6, 6.07) is 23.8. The van der Waals surface area contributed by atoms with Gasteiger partial charge in [-0.25, -0.2) is 4.79 Å². The minimum Gasteiger partial charge on any atom is -0.465 e. The van der Waals surface area contributed by atoms with Crippen molar-refractivity contribution in [2.45, 2.75) is 6.92 Å². The molecule has 4 aromatic rings. The Labute approximate surface area is 163 Å². The lowest BCUT2D eigenvalue weighted by Crippen LogP contribution is -2.00. The van der Waals surface area contributed by atoms with Crippen LogP contribution >= 0.6 is 0 Å². The van der Waals surface area contributed by atoms with Crippen molar-refractivity contribution in [3.63, 3.8) is 0 Å². The van der Waals surface area contributed by atoms with E-state index in [0.717, 1.165) is 33.4 Å². The molecule has 3 nitrogen and oxygen atoms in total. The van der Waals surface area contributed by atoms with Crippen molar-refractivity contribution in [1.29, 1.82) is 0 Å². The highest BCUT2D eigenvalue weighted by Crippen LogP contribution is 2.28. The van der Waals surface area contributed by atoms with E-state index in [2.05, 4.69) is 49.4 Å². The van der Waals surface area contributed by atoms with E-state index in [-0.39, 0.29) is 5.97 Å². The first kappa shape index (κ1) is 17.8. The van der Waals surface area contributed by atoms with E-state index >= 15 is 0 Å². The molecule has 0 radical (unpaired) electrons. The molecule has 0 aliphatic heterocycles. The molecule has 0 amide bonds. The van der Waals surface area contributed by atoms with Gasteiger partial charge < -0.3 is 9.15 Å². The standard InChI is InChI=1S/C25H20O3/c1-17-3-14-23-22(15-17)16-24(28-23)20-10-6-18(7-11-20)4-5-19-8-12-21(13-9-19)25(26)27-2/h3-16H,1-2H3/b5-4+. The molecule has 138 valence electrons. The first-order valence-corrected chi connectivity index (χ1v) is 9.09. The van der Waals surface area contributed by atoms with Gasteiger partial charge >= 0.3 is 5.97 Å². The van der Waals surface area contributed by atoms with Crippen LogP contribution in [0.25, 0.3) is 34.4 Å². The molecule has 3 aromatic carbocycles. The number of rotatable bonds is 4. The maximum atomic E-state index is 11.5. The summed E-state index contributed by atoms with van der Waals surface area (Å²) in [7, 11) is 1.38. The Hall–Kier alpha value is -3.59. The summed E-state index contributed by atoms with van der Waals surface area (Å²) in [5.41, 5.74) is 5.83. The fourth-order valence-corrected chi connectivity index (χ4v) is 3.10. The number of aryl methyl sites for hydroxylation is 1. The minimum absolute atomic E-state index is 0.327. The van der Waals surface area contributed by atoms with E-state index in [0.29, 0.717) is 5.56 Å². The largest absolute Gasteiger partial charge is 0.465 e. The summed E-state index contributed by atoms with van der Waals surface area (Å²) in [4.78, 5) is 11.5. The number of hydrogen-bond acceptors (Lipinski definition) is 3. The zero-order chi connectivity index (χ0) is 19.5. The van der Waals surface area contributed by atoms with Gasteiger partial charge in [0, 0.05) is 10.9 Å². The summed E-state index contributed by atoms with van der Waals surface area (Å²) < 4.78 is 10.7. The van der Waals surface area contributed by atoms with Gasteiger partial charge in [0.1, 0.15) is 11.3 Å². The number of methoxy groups -OCH3 is 1. The Morgan fingerprint density at radius 2 is 1.50 bits per heavy atom. The van der Waals surface area contributed by atoms with Crippen molar-refractivity contribution < 1.29 is 13.9 Å². The first-order chi connectivity index (χ1) is 13.6. The van der Waals surface area contributed by atoms with Gasteiger partial charge in [0.05, 0.1) is 12.7 Å². The van der Waals surface area contributed by atoms with Crippen LogP contribution in [0.4, 0.5) is 0 Å². The molecule has 0 N–H and O–H groups in total. The van der Waals surface area contributed by atoms with Crippen LogP contribution < -0.4 is 0 Å². The number of hydrogen-bond donors (Lipinski definition) is 0. The number of carbonyl (C=O) groups excluding carboxylic acids is 1. The molecule has 0 saturated heterocycles. The van der Waals surface area contributed by atoms with Gasteiger partial charge in [-0.1, -0.05) is 60.2 Å². The Bertz CT molecular complexity index is 1150. The molecular weight excluding hydrogens is 348 g/mol. The maximum absolute atomic E-state index is 11.5. The van der Waals surface area contributed by atoms with E-state index in [1.54, 1.807) is 12.1 Å². The molecule has 0 bridgehead atoms. The Morgan fingerprint density at radius 1 is 0.857 bits per heavy atom. The maximum Gasteiger partial charge on any atom is 0.337 e. The molecule has 0 fully saturated rings. The molecule has 0 saturated carbocycles. The summed E-state index contributed by atoms with van der Waals surface area (Å²) in [6.07, 6.45) is 4.05. The highest BCUT2D eigenvalue weighted by atomic mass is 16.5. The molecule has 0 spiro atoms. The van der Waals surface area contributed by atoms with Crippen LogP contribution in [0, 0.1) is 6.92 Å². The molecular formula is C25H20O3. The van der Waals surface area contributed by atoms with E-state index in [9.17, 15) is 4.79 Å². The van der Waals surface area contributed by atoms with Crippen molar-refractivity contribution in [3.05, 3.63) is 95.1 Å². The summed E-state index contributed by atoms with van der Waals surface area (Å²) >= 11 is 0. The molecule has 1 heterocycles. The van der Waals surface area contributed by atoms with Crippen molar-refractivity contribution in [3.8, 4) is 11.3 Å². The Morgan fingerprint density at radius 3 is 2.14 bits per heavy atom. The van der Waals surface area contributed by atoms with Crippen molar-refractivity contribution >= 4 is 29.1 Å². The summed E-state index contributed by atoms with van der Waals surface area (Å²) in [5, 5.41) is 1.12. The van der Waals surface area contributed by atoms with E-state index in [4.69, 9.17) is 9.15 Å². The molecule has 0 unspecified atom stereocenters. The van der Waals surface area contributed by atoms with E-state index in [1.807, 2.05) is 30.4 Å². The van der Waals surface area contributed by atoms with Gasteiger partial charge in [0.2, 0.25) is 0 Å². The quantitative estimate of drug-likeness (QED) is 0.310. The van der Waals surface area contributed by atoms with Gasteiger partial charge in [0.15, 0.2) is 0 Å². The predicted molar refractivity (Wildman–Crippen MR) is 113 cm³/mol.